The lowest BCUT2D eigenvalue weighted by Gasteiger charge is -2.13. The first-order valence-corrected chi connectivity index (χ1v) is 7.30. The van der Waals surface area contributed by atoms with Crippen molar-refractivity contribution in [1.29, 1.82) is 0 Å². The van der Waals surface area contributed by atoms with E-state index in [0.717, 1.165) is 29.9 Å². The van der Waals surface area contributed by atoms with Gasteiger partial charge in [-0.05, 0) is 43.0 Å². The summed E-state index contributed by atoms with van der Waals surface area (Å²) in [6.07, 6.45) is 7.70. The summed E-state index contributed by atoms with van der Waals surface area (Å²) in [7, 11) is 0. The second-order valence-electron chi connectivity index (χ2n) is 5.71. The number of nitrogens with zero attached hydrogens (tertiary/aromatic N) is 2. The van der Waals surface area contributed by atoms with Gasteiger partial charge < -0.3 is 15.0 Å². The first-order valence-electron chi connectivity index (χ1n) is 7.30. The van der Waals surface area contributed by atoms with Gasteiger partial charge in [0.1, 0.15) is 0 Å². The van der Waals surface area contributed by atoms with Crippen molar-refractivity contribution in [1.82, 2.24) is 10.1 Å². The Balaban J connectivity index is 1.50. The molecule has 5 nitrogen and oxygen atoms in total. The van der Waals surface area contributed by atoms with Gasteiger partial charge in [0.15, 0.2) is 5.82 Å². The molecule has 1 aromatic heterocycles. The minimum Gasteiger partial charge on any atom is -0.399 e. The summed E-state index contributed by atoms with van der Waals surface area (Å²) in [6.45, 7) is 0. The molecular weight excluding hydrogens is 266 g/mol. The van der Waals surface area contributed by atoms with Gasteiger partial charge in [-0.1, -0.05) is 17.3 Å². The summed E-state index contributed by atoms with van der Waals surface area (Å²) in [6, 6.07) is 7.66. The van der Waals surface area contributed by atoms with Crippen molar-refractivity contribution < 1.29 is 9.26 Å². The zero-order valence-corrected chi connectivity index (χ0v) is 11.6. The van der Waals surface area contributed by atoms with E-state index >= 15 is 0 Å². The largest absolute Gasteiger partial charge is 0.399 e. The van der Waals surface area contributed by atoms with Crippen LogP contribution in [0.4, 0.5) is 5.69 Å². The van der Waals surface area contributed by atoms with Crippen LogP contribution >= 0.6 is 0 Å². The Morgan fingerprint density at radius 2 is 2.19 bits per heavy atom. The van der Waals surface area contributed by atoms with Crippen LogP contribution in [-0.2, 0) is 4.74 Å². The highest BCUT2D eigenvalue weighted by molar-refractivity contribution is 5.67. The van der Waals surface area contributed by atoms with Crippen molar-refractivity contribution in [3.05, 3.63) is 41.5 Å². The Kier molecular flexibility index (Phi) is 3.00. The molecule has 2 aliphatic rings. The van der Waals surface area contributed by atoms with Crippen molar-refractivity contribution in [3.8, 4) is 0 Å². The van der Waals surface area contributed by atoms with Crippen molar-refractivity contribution >= 4 is 17.8 Å². The Labute approximate surface area is 122 Å². The average molecular weight is 283 g/mol. The van der Waals surface area contributed by atoms with E-state index in [4.69, 9.17) is 15.0 Å². The van der Waals surface area contributed by atoms with E-state index in [1.165, 1.54) is 6.42 Å². The fourth-order valence-electron chi connectivity index (χ4n) is 3.21. The van der Waals surface area contributed by atoms with Crippen molar-refractivity contribution in [2.24, 2.45) is 0 Å². The van der Waals surface area contributed by atoms with Gasteiger partial charge in [-0.2, -0.15) is 4.98 Å². The molecule has 0 aliphatic carbocycles. The number of rotatable bonds is 3. The number of hydrogen-bond acceptors (Lipinski definition) is 5. The first-order chi connectivity index (χ1) is 10.3. The molecule has 5 heteroatoms. The van der Waals surface area contributed by atoms with E-state index in [0.29, 0.717) is 17.9 Å². The molecule has 2 aliphatic heterocycles. The Morgan fingerprint density at radius 1 is 1.24 bits per heavy atom. The molecule has 4 rings (SSSR count). The number of benzene rings is 1. The minimum atomic E-state index is 0.276. The van der Waals surface area contributed by atoms with Crippen molar-refractivity contribution in [3.63, 3.8) is 0 Å². The lowest BCUT2D eigenvalue weighted by Crippen LogP contribution is -2.15. The Morgan fingerprint density at radius 3 is 2.95 bits per heavy atom. The SMILES string of the molecule is Nc1cccc(/C=C/c2nc(C3CC4CCC3O4)no2)c1. The maximum Gasteiger partial charge on any atom is 0.250 e. The molecule has 0 spiro atoms. The van der Waals surface area contributed by atoms with Gasteiger partial charge >= 0.3 is 0 Å². The number of ether oxygens (including phenoxy) is 1. The van der Waals surface area contributed by atoms with Gasteiger partial charge in [0.05, 0.1) is 18.1 Å². The smallest absolute Gasteiger partial charge is 0.250 e. The normalized spacial score (nSPS) is 27.7. The zero-order chi connectivity index (χ0) is 14.2. The molecule has 3 heterocycles. The standard InChI is InChI=1S/C16H17N3O2/c17-11-3-1-2-10(8-11)4-7-15-18-16(19-21-15)13-9-12-5-6-14(13)20-12/h1-4,7-8,12-14H,5-6,9,17H2/b7-4+. The molecule has 2 saturated heterocycles. The predicted molar refractivity (Wildman–Crippen MR) is 79.3 cm³/mol. The second kappa shape index (κ2) is 5.00. The van der Waals surface area contributed by atoms with E-state index < -0.39 is 0 Å². The molecule has 2 fully saturated rings. The third kappa shape index (κ3) is 2.45. The van der Waals surface area contributed by atoms with E-state index in [1.54, 1.807) is 0 Å². The molecule has 2 bridgehead atoms. The highest BCUT2D eigenvalue weighted by atomic mass is 16.5. The van der Waals surface area contributed by atoms with Crippen molar-refractivity contribution in [2.45, 2.75) is 37.4 Å². The minimum absolute atomic E-state index is 0.276. The number of aromatic nitrogens is 2. The van der Waals surface area contributed by atoms with Crippen LogP contribution in [0, 0.1) is 0 Å². The quantitative estimate of drug-likeness (QED) is 0.877. The lowest BCUT2D eigenvalue weighted by atomic mass is 9.89. The van der Waals surface area contributed by atoms with E-state index in [2.05, 4.69) is 10.1 Å². The summed E-state index contributed by atoms with van der Waals surface area (Å²) in [4.78, 5) is 4.47. The molecule has 3 atom stereocenters. The molecule has 2 aromatic rings. The summed E-state index contributed by atoms with van der Waals surface area (Å²) in [5.41, 5.74) is 7.50. The van der Waals surface area contributed by atoms with Gasteiger partial charge in [0, 0.05) is 11.8 Å². The molecule has 0 radical (unpaired) electrons. The molecule has 1 aromatic carbocycles. The van der Waals surface area contributed by atoms with Crippen LogP contribution in [0.1, 0.15) is 42.5 Å². The number of hydrogen-bond donors (Lipinski definition) is 1. The molecule has 21 heavy (non-hydrogen) atoms. The summed E-state index contributed by atoms with van der Waals surface area (Å²) >= 11 is 0. The Bertz CT molecular complexity index is 680. The van der Waals surface area contributed by atoms with E-state index in [1.807, 2.05) is 36.4 Å². The van der Waals surface area contributed by atoms with Gasteiger partial charge in [-0.15, -0.1) is 0 Å². The number of fused-ring (bicyclic) bond motifs is 2. The van der Waals surface area contributed by atoms with Gasteiger partial charge in [-0.25, -0.2) is 0 Å². The van der Waals surface area contributed by atoms with E-state index in [9.17, 15) is 0 Å². The second-order valence-corrected chi connectivity index (χ2v) is 5.71. The van der Waals surface area contributed by atoms with Crippen LogP contribution in [0.3, 0.4) is 0 Å². The maximum absolute atomic E-state index is 5.84. The highest BCUT2D eigenvalue weighted by Crippen LogP contribution is 2.43. The monoisotopic (exact) mass is 283 g/mol. The third-order valence-electron chi connectivity index (χ3n) is 4.22. The molecule has 3 unspecified atom stereocenters. The van der Waals surface area contributed by atoms with Crippen LogP contribution in [0.15, 0.2) is 28.8 Å². The highest BCUT2D eigenvalue weighted by Gasteiger charge is 2.43. The fourth-order valence-corrected chi connectivity index (χ4v) is 3.21. The summed E-state index contributed by atoms with van der Waals surface area (Å²) < 4.78 is 11.1. The average Bonchev–Trinajstić information content (AvgIpc) is 3.21. The third-order valence-corrected chi connectivity index (χ3v) is 4.22. The number of nitrogens with two attached hydrogens (primary N) is 1. The van der Waals surface area contributed by atoms with Crippen LogP contribution in [0.2, 0.25) is 0 Å². The first kappa shape index (κ1) is 12.6. The molecule has 2 N–H and O–H groups in total. The molecule has 0 saturated carbocycles. The number of nitrogen functional groups attached to an aromatic ring is 1. The van der Waals surface area contributed by atoms with Crippen LogP contribution < -0.4 is 5.73 Å². The van der Waals surface area contributed by atoms with Crippen LogP contribution in [-0.4, -0.2) is 22.3 Å². The topological polar surface area (TPSA) is 74.2 Å². The Hall–Kier alpha value is -2.14. The van der Waals surface area contributed by atoms with Gasteiger partial charge in [-0.3, -0.25) is 0 Å². The lowest BCUT2D eigenvalue weighted by molar-refractivity contribution is 0.0996. The summed E-state index contributed by atoms with van der Waals surface area (Å²) in [5, 5.41) is 4.10. The summed E-state index contributed by atoms with van der Waals surface area (Å²) in [5.74, 6) is 1.59. The van der Waals surface area contributed by atoms with Crippen LogP contribution in [0.5, 0.6) is 0 Å². The number of anilines is 1. The maximum atomic E-state index is 5.84. The zero-order valence-electron chi connectivity index (χ0n) is 11.6. The van der Waals surface area contributed by atoms with E-state index in [-0.39, 0.29) is 6.10 Å². The molecule has 0 amide bonds. The van der Waals surface area contributed by atoms with Crippen LogP contribution in [0.25, 0.3) is 12.2 Å². The molecular formula is C16H17N3O2. The predicted octanol–water partition coefficient (Wildman–Crippen LogP) is 2.86. The van der Waals surface area contributed by atoms with Crippen molar-refractivity contribution in [2.75, 3.05) is 5.73 Å². The molecule has 108 valence electrons. The van der Waals surface area contributed by atoms with Gasteiger partial charge in [0.25, 0.3) is 5.89 Å². The van der Waals surface area contributed by atoms with Gasteiger partial charge in [0.2, 0.25) is 0 Å². The fraction of sp³-hybridized carbons (Fsp3) is 0.375.